The molecule has 0 bridgehead atoms. The molecule has 0 aliphatic carbocycles. The summed E-state index contributed by atoms with van der Waals surface area (Å²) in [6.07, 6.45) is -4.70. The van der Waals surface area contributed by atoms with Crippen LogP contribution in [0.3, 0.4) is 0 Å². The van der Waals surface area contributed by atoms with E-state index in [1.54, 1.807) is 20.8 Å². The monoisotopic (exact) mass is 360 g/mol. The van der Waals surface area contributed by atoms with E-state index in [4.69, 9.17) is 4.74 Å². The normalized spacial score (nSPS) is 13.1. The number of alkyl carbamates (subject to hydrolysis) is 1. The molecule has 0 fully saturated rings. The Kier molecular flexibility index (Phi) is 6.84. The van der Waals surface area contributed by atoms with Crippen molar-refractivity contribution in [1.82, 2.24) is 5.32 Å². The molecule has 2 N–H and O–H groups in total. The Morgan fingerprint density at radius 3 is 2.12 bits per heavy atom. The molecule has 0 aromatic heterocycles. The van der Waals surface area contributed by atoms with Gasteiger partial charge in [-0.15, -0.1) is 0 Å². The lowest BCUT2D eigenvalue weighted by Gasteiger charge is -2.21. The van der Waals surface area contributed by atoms with Gasteiger partial charge in [0.15, 0.2) is 0 Å². The summed E-state index contributed by atoms with van der Waals surface area (Å²) in [5.74, 6) is -0.527. The number of rotatable bonds is 5. The van der Waals surface area contributed by atoms with Crippen LogP contribution in [0.15, 0.2) is 24.3 Å². The van der Waals surface area contributed by atoms with Gasteiger partial charge in [0.1, 0.15) is 5.60 Å². The highest BCUT2D eigenvalue weighted by molar-refractivity contribution is 5.92. The first kappa shape index (κ1) is 20.8. The van der Waals surface area contributed by atoms with Crippen LogP contribution in [0.5, 0.6) is 0 Å². The quantitative estimate of drug-likeness (QED) is 0.820. The molecule has 0 saturated carbocycles. The van der Waals surface area contributed by atoms with E-state index in [0.717, 1.165) is 12.1 Å². The largest absolute Gasteiger partial charge is 0.444 e. The maximum Gasteiger partial charge on any atom is 0.416 e. The Labute approximate surface area is 144 Å². The van der Waals surface area contributed by atoms with Crippen molar-refractivity contribution in [3.8, 4) is 0 Å². The van der Waals surface area contributed by atoms with E-state index in [1.165, 1.54) is 12.1 Å². The Morgan fingerprint density at radius 1 is 1.12 bits per heavy atom. The average Bonchev–Trinajstić information content (AvgIpc) is 2.43. The van der Waals surface area contributed by atoms with E-state index >= 15 is 0 Å². The average molecular weight is 360 g/mol. The molecule has 1 rings (SSSR count). The first-order valence-electron chi connectivity index (χ1n) is 7.87. The third-order valence-corrected chi connectivity index (χ3v) is 3.15. The number of amides is 2. The van der Waals surface area contributed by atoms with Gasteiger partial charge >= 0.3 is 12.3 Å². The number of halogens is 3. The highest BCUT2D eigenvalue weighted by Crippen LogP contribution is 2.30. The highest BCUT2D eigenvalue weighted by atomic mass is 19.4. The predicted molar refractivity (Wildman–Crippen MR) is 88.1 cm³/mol. The number of benzene rings is 1. The number of ether oxygens (including phenoxy) is 1. The van der Waals surface area contributed by atoms with Gasteiger partial charge in [-0.3, -0.25) is 10.1 Å². The molecule has 1 aromatic rings. The van der Waals surface area contributed by atoms with Crippen LogP contribution in [0.2, 0.25) is 0 Å². The molecule has 0 heterocycles. The fraction of sp³-hybridized carbons (Fsp3) is 0.529. The van der Waals surface area contributed by atoms with Crippen molar-refractivity contribution in [1.29, 1.82) is 0 Å². The van der Waals surface area contributed by atoms with Crippen molar-refractivity contribution in [2.45, 2.75) is 58.4 Å². The van der Waals surface area contributed by atoms with E-state index < -0.39 is 29.3 Å². The van der Waals surface area contributed by atoms with Gasteiger partial charge in [-0.2, -0.15) is 13.2 Å². The van der Waals surface area contributed by atoms with Crippen LogP contribution >= 0.6 is 0 Å². The van der Waals surface area contributed by atoms with Crippen LogP contribution in [0.4, 0.5) is 23.7 Å². The maximum atomic E-state index is 12.5. The van der Waals surface area contributed by atoms with Crippen molar-refractivity contribution >= 4 is 17.7 Å². The fourth-order valence-corrected chi connectivity index (χ4v) is 1.98. The SMILES string of the molecule is CC[C@H](CC(=O)NC(=O)OC(C)(C)C)Nc1ccc(C(F)(F)F)cc1. The fourth-order valence-electron chi connectivity index (χ4n) is 1.98. The Hall–Kier alpha value is -2.25. The zero-order valence-corrected chi connectivity index (χ0v) is 14.7. The number of anilines is 1. The molecule has 0 aliphatic rings. The number of alkyl halides is 3. The van der Waals surface area contributed by atoms with Gasteiger partial charge in [-0.1, -0.05) is 6.92 Å². The van der Waals surface area contributed by atoms with E-state index in [9.17, 15) is 22.8 Å². The predicted octanol–water partition coefficient (Wildman–Crippen LogP) is 4.34. The van der Waals surface area contributed by atoms with Crippen molar-refractivity contribution in [3.05, 3.63) is 29.8 Å². The summed E-state index contributed by atoms with van der Waals surface area (Å²) < 4.78 is 42.6. The molecule has 140 valence electrons. The lowest BCUT2D eigenvalue weighted by atomic mass is 10.1. The second-order valence-corrected chi connectivity index (χ2v) is 6.58. The summed E-state index contributed by atoms with van der Waals surface area (Å²) in [5, 5.41) is 5.11. The minimum Gasteiger partial charge on any atom is -0.444 e. The molecule has 5 nitrogen and oxygen atoms in total. The highest BCUT2D eigenvalue weighted by Gasteiger charge is 2.30. The first-order valence-corrected chi connectivity index (χ1v) is 7.87. The molecule has 0 aliphatic heterocycles. The Bertz CT molecular complexity index is 593. The molecule has 0 saturated heterocycles. The molecule has 0 unspecified atom stereocenters. The van der Waals surface area contributed by atoms with Crippen LogP contribution in [0, 0.1) is 0 Å². The second kappa shape index (κ2) is 8.22. The maximum absolute atomic E-state index is 12.5. The molecular formula is C17H23F3N2O3. The third kappa shape index (κ3) is 7.91. The smallest absolute Gasteiger partial charge is 0.416 e. The number of hydrogen-bond acceptors (Lipinski definition) is 4. The minimum atomic E-state index is -4.39. The first-order chi connectivity index (χ1) is 11.4. The Balaban J connectivity index is 2.59. The lowest BCUT2D eigenvalue weighted by molar-refractivity contribution is -0.137. The summed E-state index contributed by atoms with van der Waals surface area (Å²) in [6.45, 7) is 6.86. The van der Waals surface area contributed by atoms with Crippen LogP contribution in [0.1, 0.15) is 46.1 Å². The third-order valence-electron chi connectivity index (χ3n) is 3.15. The van der Waals surface area contributed by atoms with Crippen molar-refractivity contribution in [2.75, 3.05) is 5.32 Å². The summed E-state index contributed by atoms with van der Waals surface area (Å²) >= 11 is 0. The molecule has 1 aromatic carbocycles. The molecule has 0 spiro atoms. The van der Waals surface area contributed by atoms with Crippen LogP contribution in [-0.2, 0) is 15.7 Å². The Morgan fingerprint density at radius 2 is 1.68 bits per heavy atom. The van der Waals surface area contributed by atoms with E-state index in [1.807, 2.05) is 6.92 Å². The lowest BCUT2D eigenvalue weighted by Crippen LogP contribution is -2.38. The standard InChI is InChI=1S/C17H23F3N2O3/c1-5-12(10-14(23)22-15(24)25-16(2,3)4)21-13-8-6-11(7-9-13)17(18,19)20/h6-9,12,21H,5,10H2,1-4H3,(H,22,23,24)/t12-/m1/s1. The molecule has 25 heavy (non-hydrogen) atoms. The van der Waals surface area contributed by atoms with E-state index in [2.05, 4.69) is 10.6 Å². The zero-order chi connectivity index (χ0) is 19.3. The van der Waals surface area contributed by atoms with Gasteiger partial charge in [0, 0.05) is 18.2 Å². The minimum absolute atomic E-state index is 0.0171. The summed E-state index contributed by atoms with van der Waals surface area (Å²) in [5.41, 5.74) is -0.994. The van der Waals surface area contributed by atoms with Gasteiger partial charge < -0.3 is 10.1 Å². The number of nitrogens with one attached hydrogen (secondary N) is 2. The number of hydrogen-bond donors (Lipinski definition) is 2. The van der Waals surface area contributed by atoms with Crippen molar-refractivity contribution in [2.24, 2.45) is 0 Å². The molecular weight excluding hydrogens is 337 g/mol. The van der Waals surface area contributed by atoms with Crippen LogP contribution in [-0.4, -0.2) is 23.6 Å². The molecule has 1 atom stereocenters. The summed E-state index contributed by atoms with van der Waals surface area (Å²) in [4.78, 5) is 23.4. The summed E-state index contributed by atoms with van der Waals surface area (Å²) in [7, 11) is 0. The number of imide groups is 1. The van der Waals surface area contributed by atoms with Crippen LogP contribution in [0.25, 0.3) is 0 Å². The zero-order valence-electron chi connectivity index (χ0n) is 14.7. The molecule has 8 heteroatoms. The summed E-state index contributed by atoms with van der Waals surface area (Å²) in [6, 6.07) is 4.21. The van der Waals surface area contributed by atoms with Gasteiger partial charge in [0.05, 0.1) is 5.56 Å². The second-order valence-electron chi connectivity index (χ2n) is 6.58. The molecule has 2 amide bonds. The van der Waals surface area contributed by atoms with Crippen molar-refractivity contribution in [3.63, 3.8) is 0 Å². The van der Waals surface area contributed by atoms with Gasteiger partial charge in [0.2, 0.25) is 5.91 Å². The van der Waals surface area contributed by atoms with E-state index in [-0.39, 0.29) is 12.5 Å². The van der Waals surface area contributed by atoms with Gasteiger partial charge in [-0.05, 0) is 51.5 Å². The van der Waals surface area contributed by atoms with E-state index in [0.29, 0.717) is 12.1 Å². The van der Waals surface area contributed by atoms with Crippen molar-refractivity contribution < 1.29 is 27.5 Å². The van der Waals surface area contributed by atoms with Crippen LogP contribution < -0.4 is 10.6 Å². The van der Waals surface area contributed by atoms with Gasteiger partial charge in [-0.25, -0.2) is 4.79 Å². The molecule has 0 radical (unpaired) electrons. The van der Waals surface area contributed by atoms with Gasteiger partial charge in [0.25, 0.3) is 0 Å². The number of carbonyl (C=O) groups excluding carboxylic acids is 2. The number of carbonyl (C=O) groups is 2. The topological polar surface area (TPSA) is 67.4 Å².